The molecule has 2 N–H and O–H groups in total. The van der Waals surface area contributed by atoms with Gasteiger partial charge in [-0.1, -0.05) is 29.8 Å². The zero-order chi connectivity index (χ0) is 14.5. The van der Waals surface area contributed by atoms with Crippen molar-refractivity contribution >= 4 is 17.3 Å². The van der Waals surface area contributed by atoms with E-state index in [1.807, 2.05) is 44.2 Å². The third-order valence-corrected chi connectivity index (χ3v) is 3.31. The minimum Gasteiger partial charge on any atom is -0.508 e. The molecule has 0 spiro atoms. The Morgan fingerprint density at radius 2 is 2.00 bits per heavy atom. The van der Waals surface area contributed by atoms with Gasteiger partial charge in [0.05, 0.1) is 17.7 Å². The largest absolute Gasteiger partial charge is 0.508 e. The van der Waals surface area contributed by atoms with E-state index in [-0.39, 0.29) is 11.8 Å². The molecule has 0 aliphatic rings. The van der Waals surface area contributed by atoms with E-state index in [1.165, 1.54) is 0 Å². The van der Waals surface area contributed by atoms with Crippen LogP contribution in [-0.4, -0.2) is 11.7 Å². The van der Waals surface area contributed by atoms with Crippen LogP contribution in [0, 0.1) is 0 Å². The van der Waals surface area contributed by atoms with Crippen molar-refractivity contribution in [3.63, 3.8) is 0 Å². The lowest BCUT2D eigenvalue weighted by molar-refractivity contribution is 0.340. The van der Waals surface area contributed by atoms with Crippen LogP contribution in [0.25, 0.3) is 0 Å². The summed E-state index contributed by atoms with van der Waals surface area (Å²) in [5.41, 5.74) is 1.73. The number of aromatic hydroxyl groups is 1. The fourth-order valence-corrected chi connectivity index (χ4v) is 2.28. The third-order valence-electron chi connectivity index (χ3n) is 3.02. The van der Waals surface area contributed by atoms with Crippen molar-refractivity contribution in [2.45, 2.75) is 19.9 Å². The van der Waals surface area contributed by atoms with Crippen LogP contribution in [0.5, 0.6) is 11.5 Å². The first-order chi connectivity index (χ1) is 9.61. The van der Waals surface area contributed by atoms with Crippen LogP contribution < -0.4 is 10.1 Å². The maximum Gasteiger partial charge on any atom is 0.138 e. The molecule has 0 aromatic heterocycles. The molecule has 106 valence electrons. The van der Waals surface area contributed by atoms with E-state index in [0.717, 1.165) is 11.3 Å². The number of nitrogens with one attached hydrogen (secondary N) is 1. The van der Waals surface area contributed by atoms with Gasteiger partial charge in [-0.3, -0.25) is 0 Å². The number of anilines is 1. The molecule has 0 fully saturated rings. The van der Waals surface area contributed by atoms with Gasteiger partial charge in [0.25, 0.3) is 0 Å². The summed E-state index contributed by atoms with van der Waals surface area (Å²) in [7, 11) is 0. The van der Waals surface area contributed by atoms with E-state index < -0.39 is 0 Å². The van der Waals surface area contributed by atoms with Crippen molar-refractivity contribution in [1.82, 2.24) is 0 Å². The summed E-state index contributed by atoms with van der Waals surface area (Å²) in [6.45, 7) is 4.49. The summed E-state index contributed by atoms with van der Waals surface area (Å²) < 4.78 is 5.40. The van der Waals surface area contributed by atoms with E-state index in [9.17, 15) is 5.11 Å². The Labute approximate surface area is 124 Å². The molecule has 0 aliphatic heterocycles. The minimum atomic E-state index is -0.0230. The van der Waals surface area contributed by atoms with Crippen molar-refractivity contribution in [3.05, 3.63) is 53.1 Å². The van der Waals surface area contributed by atoms with Gasteiger partial charge in [0.1, 0.15) is 11.5 Å². The maximum absolute atomic E-state index is 9.84. The second-order valence-corrected chi connectivity index (χ2v) is 4.91. The quantitative estimate of drug-likeness (QED) is 0.845. The molecule has 0 saturated carbocycles. The first-order valence-corrected chi connectivity index (χ1v) is 6.96. The lowest BCUT2D eigenvalue weighted by atomic mass is 10.1. The fraction of sp³-hybridized carbons (Fsp3) is 0.250. The lowest BCUT2D eigenvalue weighted by Crippen LogP contribution is -2.06. The number of para-hydroxylation sites is 1. The molecule has 0 radical (unpaired) electrons. The molecule has 20 heavy (non-hydrogen) atoms. The molecular weight excluding hydrogens is 274 g/mol. The number of phenols is 1. The van der Waals surface area contributed by atoms with Crippen LogP contribution in [0.15, 0.2) is 42.5 Å². The third kappa shape index (κ3) is 3.36. The average Bonchev–Trinajstić information content (AvgIpc) is 2.42. The summed E-state index contributed by atoms with van der Waals surface area (Å²) in [6.07, 6.45) is 0. The van der Waals surface area contributed by atoms with Gasteiger partial charge in [-0.2, -0.15) is 0 Å². The molecule has 0 bridgehead atoms. The molecule has 0 saturated heterocycles. The predicted molar refractivity (Wildman–Crippen MR) is 82.8 cm³/mol. The van der Waals surface area contributed by atoms with Crippen LogP contribution in [-0.2, 0) is 0 Å². The number of rotatable bonds is 5. The van der Waals surface area contributed by atoms with E-state index >= 15 is 0 Å². The summed E-state index contributed by atoms with van der Waals surface area (Å²) in [4.78, 5) is 0. The standard InChI is InChI=1S/C16H18ClNO2/c1-3-20-16-9-8-12(10-14(16)17)18-11(2)13-6-4-5-7-15(13)19/h4-11,18-19H,3H2,1-2H3. The second-order valence-electron chi connectivity index (χ2n) is 4.50. The normalized spacial score (nSPS) is 11.9. The second kappa shape index (κ2) is 6.53. The highest BCUT2D eigenvalue weighted by atomic mass is 35.5. The van der Waals surface area contributed by atoms with Crippen LogP contribution in [0.3, 0.4) is 0 Å². The Hall–Kier alpha value is -1.87. The van der Waals surface area contributed by atoms with Gasteiger partial charge in [-0.15, -0.1) is 0 Å². The maximum atomic E-state index is 9.84. The van der Waals surface area contributed by atoms with Gasteiger partial charge in [0, 0.05) is 11.3 Å². The van der Waals surface area contributed by atoms with E-state index in [2.05, 4.69) is 5.32 Å². The molecule has 0 amide bonds. The molecule has 2 aromatic carbocycles. The average molecular weight is 292 g/mol. The lowest BCUT2D eigenvalue weighted by Gasteiger charge is -2.17. The predicted octanol–water partition coefficient (Wildman–Crippen LogP) is 4.62. The Kier molecular flexibility index (Phi) is 4.74. The van der Waals surface area contributed by atoms with Crippen LogP contribution in [0.4, 0.5) is 5.69 Å². The summed E-state index contributed by atoms with van der Waals surface area (Å²) in [5.74, 6) is 0.958. The zero-order valence-corrected chi connectivity index (χ0v) is 12.3. The van der Waals surface area contributed by atoms with Gasteiger partial charge in [-0.05, 0) is 38.1 Å². The minimum absolute atomic E-state index is 0.0230. The molecule has 1 unspecified atom stereocenters. The molecule has 2 rings (SSSR count). The summed E-state index contributed by atoms with van der Waals surface area (Å²) in [6, 6.07) is 12.8. The van der Waals surface area contributed by atoms with Crippen LogP contribution in [0.2, 0.25) is 5.02 Å². The number of phenolic OH excluding ortho intramolecular Hbond substituents is 1. The Bertz CT molecular complexity index is 586. The molecule has 4 heteroatoms. The smallest absolute Gasteiger partial charge is 0.138 e. The van der Waals surface area contributed by atoms with Crippen molar-refractivity contribution in [3.8, 4) is 11.5 Å². The molecular formula is C16H18ClNO2. The number of halogens is 1. The molecule has 0 heterocycles. The van der Waals surface area contributed by atoms with Crippen molar-refractivity contribution in [2.75, 3.05) is 11.9 Å². The van der Waals surface area contributed by atoms with Gasteiger partial charge < -0.3 is 15.2 Å². The van der Waals surface area contributed by atoms with Crippen LogP contribution in [0.1, 0.15) is 25.5 Å². The van der Waals surface area contributed by atoms with E-state index in [0.29, 0.717) is 17.4 Å². The first-order valence-electron chi connectivity index (χ1n) is 6.58. The number of hydrogen-bond donors (Lipinski definition) is 2. The van der Waals surface area contributed by atoms with Crippen molar-refractivity contribution < 1.29 is 9.84 Å². The number of benzene rings is 2. The highest BCUT2D eigenvalue weighted by molar-refractivity contribution is 6.32. The van der Waals surface area contributed by atoms with Gasteiger partial charge in [-0.25, -0.2) is 0 Å². The van der Waals surface area contributed by atoms with Gasteiger partial charge in [0.15, 0.2) is 0 Å². The first kappa shape index (κ1) is 14.5. The van der Waals surface area contributed by atoms with Crippen molar-refractivity contribution in [1.29, 1.82) is 0 Å². The SMILES string of the molecule is CCOc1ccc(NC(C)c2ccccc2O)cc1Cl. The van der Waals surface area contributed by atoms with Gasteiger partial charge in [0.2, 0.25) is 0 Å². The molecule has 2 aromatic rings. The zero-order valence-electron chi connectivity index (χ0n) is 11.6. The Morgan fingerprint density at radius 3 is 2.65 bits per heavy atom. The molecule has 1 atom stereocenters. The van der Waals surface area contributed by atoms with Crippen molar-refractivity contribution in [2.24, 2.45) is 0 Å². The molecule has 0 aliphatic carbocycles. The Balaban J connectivity index is 2.14. The van der Waals surface area contributed by atoms with Crippen LogP contribution >= 0.6 is 11.6 Å². The number of hydrogen-bond acceptors (Lipinski definition) is 3. The Morgan fingerprint density at radius 1 is 1.25 bits per heavy atom. The summed E-state index contributed by atoms with van der Waals surface area (Å²) >= 11 is 6.15. The van der Waals surface area contributed by atoms with E-state index in [1.54, 1.807) is 12.1 Å². The molecule has 3 nitrogen and oxygen atoms in total. The topological polar surface area (TPSA) is 41.5 Å². The van der Waals surface area contributed by atoms with Gasteiger partial charge >= 0.3 is 0 Å². The number of ether oxygens (including phenoxy) is 1. The summed E-state index contributed by atoms with van der Waals surface area (Å²) in [5, 5.41) is 13.7. The van der Waals surface area contributed by atoms with E-state index in [4.69, 9.17) is 16.3 Å². The highest BCUT2D eigenvalue weighted by Gasteiger charge is 2.10. The monoisotopic (exact) mass is 291 g/mol. The highest BCUT2D eigenvalue weighted by Crippen LogP contribution is 2.31. The fourth-order valence-electron chi connectivity index (χ4n) is 2.04.